The van der Waals surface area contributed by atoms with Gasteiger partial charge in [-0.25, -0.2) is 4.39 Å². The lowest BCUT2D eigenvalue weighted by Gasteiger charge is -2.22. The minimum Gasteiger partial charge on any atom is -0.493 e. The molecule has 1 aromatic rings. The zero-order valence-corrected chi connectivity index (χ0v) is 9.30. The number of rotatable bonds is 3. The van der Waals surface area contributed by atoms with Crippen molar-refractivity contribution < 1.29 is 19.0 Å². The molecular weight excluding hydrogens is 199 g/mol. The summed E-state index contributed by atoms with van der Waals surface area (Å²) in [5.74, 6) is 0.112. The smallest absolute Gasteiger partial charge is 0.169 e. The second-order valence-electron chi connectivity index (χ2n) is 3.72. The van der Waals surface area contributed by atoms with Crippen molar-refractivity contribution in [3.05, 3.63) is 23.5 Å². The van der Waals surface area contributed by atoms with Crippen LogP contribution in [0.1, 0.15) is 19.4 Å². The summed E-state index contributed by atoms with van der Waals surface area (Å²) in [6.45, 7) is 2.99. The molecule has 1 rings (SSSR count). The maximum Gasteiger partial charge on any atom is 0.169 e. The SMILES string of the molecule is COc1ccc(F)c(C(C)(C)O)c1OC. The Morgan fingerprint density at radius 3 is 2.20 bits per heavy atom. The van der Waals surface area contributed by atoms with E-state index < -0.39 is 11.4 Å². The Hall–Kier alpha value is -1.29. The highest BCUT2D eigenvalue weighted by Crippen LogP contribution is 2.38. The van der Waals surface area contributed by atoms with Crippen LogP contribution in [0.15, 0.2) is 12.1 Å². The Labute approximate surface area is 88.4 Å². The highest BCUT2D eigenvalue weighted by Gasteiger charge is 2.27. The molecule has 3 nitrogen and oxygen atoms in total. The summed E-state index contributed by atoms with van der Waals surface area (Å²) in [5, 5.41) is 9.83. The lowest BCUT2D eigenvalue weighted by molar-refractivity contribution is 0.0709. The Bertz CT molecular complexity index is 356. The van der Waals surface area contributed by atoms with Gasteiger partial charge in [0.05, 0.1) is 25.4 Å². The molecule has 15 heavy (non-hydrogen) atoms. The number of hydrogen-bond donors (Lipinski definition) is 1. The third kappa shape index (κ3) is 2.21. The fourth-order valence-electron chi connectivity index (χ4n) is 1.47. The Kier molecular flexibility index (Phi) is 3.19. The minimum atomic E-state index is -1.32. The molecule has 0 fully saturated rings. The molecular formula is C11H15FO3. The topological polar surface area (TPSA) is 38.7 Å². The molecule has 4 heteroatoms. The fraction of sp³-hybridized carbons (Fsp3) is 0.455. The van der Waals surface area contributed by atoms with Crippen LogP contribution in [-0.4, -0.2) is 19.3 Å². The van der Waals surface area contributed by atoms with Gasteiger partial charge < -0.3 is 14.6 Å². The van der Waals surface area contributed by atoms with E-state index in [1.807, 2.05) is 0 Å². The average Bonchev–Trinajstić information content (AvgIpc) is 2.15. The maximum absolute atomic E-state index is 13.6. The van der Waals surface area contributed by atoms with E-state index >= 15 is 0 Å². The monoisotopic (exact) mass is 214 g/mol. The molecule has 0 unspecified atom stereocenters. The van der Waals surface area contributed by atoms with E-state index in [2.05, 4.69) is 0 Å². The van der Waals surface area contributed by atoms with Crippen molar-refractivity contribution in [3.63, 3.8) is 0 Å². The summed E-state index contributed by atoms with van der Waals surface area (Å²) in [4.78, 5) is 0. The first kappa shape index (κ1) is 11.8. The lowest BCUT2D eigenvalue weighted by atomic mass is 9.96. The van der Waals surface area contributed by atoms with Crippen LogP contribution in [-0.2, 0) is 5.60 Å². The molecule has 0 radical (unpaired) electrons. The second-order valence-corrected chi connectivity index (χ2v) is 3.72. The lowest BCUT2D eigenvalue weighted by Crippen LogP contribution is -2.19. The van der Waals surface area contributed by atoms with Crippen molar-refractivity contribution >= 4 is 0 Å². The number of aliphatic hydroxyl groups is 1. The van der Waals surface area contributed by atoms with E-state index in [1.165, 1.54) is 40.2 Å². The molecule has 0 aliphatic rings. The van der Waals surface area contributed by atoms with Gasteiger partial charge in [0.25, 0.3) is 0 Å². The number of hydrogen-bond acceptors (Lipinski definition) is 3. The third-order valence-corrected chi connectivity index (χ3v) is 2.11. The summed E-state index contributed by atoms with van der Waals surface area (Å²) >= 11 is 0. The molecule has 0 atom stereocenters. The van der Waals surface area contributed by atoms with Crippen LogP contribution >= 0.6 is 0 Å². The first-order chi connectivity index (χ1) is 6.91. The molecule has 0 spiro atoms. The van der Waals surface area contributed by atoms with Gasteiger partial charge in [0.2, 0.25) is 0 Å². The maximum atomic E-state index is 13.6. The van der Waals surface area contributed by atoms with Gasteiger partial charge in [0.15, 0.2) is 11.5 Å². The van der Waals surface area contributed by atoms with E-state index in [4.69, 9.17) is 9.47 Å². The average molecular weight is 214 g/mol. The van der Waals surface area contributed by atoms with Gasteiger partial charge in [-0.05, 0) is 26.0 Å². The molecule has 0 heterocycles. The molecule has 0 aromatic heterocycles. The van der Waals surface area contributed by atoms with Gasteiger partial charge in [-0.1, -0.05) is 0 Å². The largest absolute Gasteiger partial charge is 0.493 e. The molecule has 0 saturated heterocycles. The molecule has 0 amide bonds. The first-order valence-electron chi connectivity index (χ1n) is 4.55. The summed E-state index contributed by atoms with van der Waals surface area (Å²) in [5.41, 5.74) is -1.21. The van der Waals surface area contributed by atoms with Crippen molar-refractivity contribution in [2.45, 2.75) is 19.4 Å². The Balaban J connectivity index is 3.46. The van der Waals surface area contributed by atoms with E-state index in [-0.39, 0.29) is 11.3 Å². The normalized spacial score (nSPS) is 11.3. The fourth-order valence-corrected chi connectivity index (χ4v) is 1.47. The van der Waals surface area contributed by atoms with Crippen LogP contribution in [0.3, 0.4) is 0 Å². The molecule has 1 aromatic carbocycles. The zero-order valence-electron chi connectivity index (χ0n) is 9.30. The molecule has 0 saturated carbocycles. The molecule has 0 aliphatic heterocycles. The molecule has 1 N–H and O–H groups in total. The summed E-state index contributed by atoms with van der Waals surface area (Å²) in [6.07, 6.45) is 0. The van der Waals surface area contributed by atoms with Gasteiger partial charge in [-0.2, -0.15) is 0 Å². The predicted molar refractivity (Wildman–Crippen MR) is 54.7 cm³/mol. The van der Waals surface area contributed by atoms with Crippen molar-refractivity contribution in [3.8, 4) is 11.5 Å². The highest BCUT2D eigenvalue weighted by atomic mass is 19.1. The van der Waals surface area contributed by atoms with Crippen molar-refractivity contribution in [1.82, 2.24) is 0 Å². The van der Waals surface area contributed by atoms with Gasteiger partial charge in [0, 0.05) is 0 Å². The van der Waals surface area contributed by atoms with E-state index in [1.54, 1.807) is 0 Å². The van der Waals surface area contributed by atoms with Crippen LogP contribution in [0.25, 0.3) is 0 Å². The predicted octanol–water partition coefficient (Wildman–Crippen LogP) is 2.07. The van der Waals surface area contributed by atoms with Gasteiger partial charge >= 0.3 is 0 Å². The zero-order chi connectivity index (χ0) is 11.6. The Morgan fingerprint density at radius 1 is 1.20 bits per heavy atom. The van der Waals surface area contributed by atoms with Gasteiger partial charge in [0.1, 0.15) is 5.82 Å². The van der Waals surface area contributed by atoms with Gasteiger partial charge in [-0.15, -0.1) is 0 Å². The van der Waals surface area contributed by atoms with Crippen LogP contribution in [0.4, 0.5) is 4.39 Å². The first-order valence-corrected chi connectivity index (χ1v) is 4.55. The van der Waals surface area contributed by atoms with E-state index in [0.29, 0.717) is 5.75 Å². The van der Waals surface area contributed by atoms with E-state index in [0.717, 1.165) is 0 Å². The summed E-state index contributed by atoms with van der Waals surface area (Å²) in [6, 6.07) is 2.71. The third-order valence-electron chi connectivity index (χ3n) is 2.11. The quantitative estimate of drug-likeness (QED) is 0.837. The van der Waals surface area contributed by atoms with Crippen molar-refractivity contribution in [2.24, 2.45) is 0 Å². The van der Waals surface area contributed by atoms with Crippen molar-refractivity contribution in [1.29, 1.82) is 0 Å². The second kappa shape index (κ2) is 4.06. The molecule has 0 bridgehead atoms. The molecule has 84 valence electrons. The summed E-state index contributed by atoms with van der Waals surface area (Å²) in [7, 11) is 2.87. The highest BCUT2D eigenvalue weighted by molar-refractivity contribution is 5.49. The van der Waals surface area contributed by atoms with Crippen LogP contribution < -0.4 is 9.47 Å². The number of methoxy groups -OCH3 is 2. The van der Waals surface area contributed by atoms with Crippen LogP contribution in [0.5, 0.6) is 11.5 Å². The number of halogens is 1. The number of ether oxygens (including phenoxy) is 2. The van der Waals surface area contributed by atoms with E-state index in [9.17, 15) is 9.50 Å². The van der Waals surface area contributed by atoms with Crippen LogP contribution in [0.2, 0.25) is 0 Å². The van der Waals surface area contributed by atoms with Crippen LogP contribution in [0, 0.1) is 5.82 Å². The summed E-state index contributed by atoms with van der Waals surface area (Å²) < 4.78 is 23.6. The molecule has 0 aliphatic carbocycles. The van der Waals surface area contributed by atoms with Gasteiger partial charge in [-0.3, -0.25) is 0 Å². The van der Waals surface area contributed by atoms with Crippen molar-refractivity contribution in [2.75, 3.05) is 14.2 Å². The number of benzene rings is 1. The minimum absolute atomic E-state index is 0.101. The standard InChI is InChI=1S/C11H15FO3/c1-11(2,13)9-7(12)5-6-8(14-3)10(9)15-4/h5-6,13H,1-4H3. The Morgan fingerprint density at radius 2 is 1.80 bits per heavy atom.